The number of halogens is 2. The van der Waals surface area contributed by atoms with Gasteiger partial charge in [0.2, 0.25) is 0 Å². The number of aromatic nitrogens is 3. The number of carbonyl (C=O) groups is 1. The molecule has 10 heteroatoms. The van der Waals surface area contributed by atoms with Crippen LogP contribution in [0.2, 0.25) is 0 Å². The van der Waals surface area contributed by atoms with E-state index in [1.807, 2.05) is 4.90 Å². The number of hydrogen-bond donors (Lipinski definition) is 1. The number of amides is 1. The molecule has 0 radical (unpaired) electrons. The van der Waals surface area contributed by atoms with Crippen LogP contribution < -0.4 is 15.1 Å². The Bertz CT molecular complexity index is 1120. The average Bonchev–Trinajstić information content (AvgIpc) is 3.44. The standard InChI is InChI=1S/C22H22F2N6O2/c23-19-12-16(30-14-17(32-22(30)31)13-29-10-7-26-27-29)2-3-18(19)15-1-4-21(20(24)11-15)28-8-5-25-6-9-28/h1-4,7,10-12,17,25H,5-6,8-9,13-14H2/t17-/m0/s1. The maximum Gasteiger partial charge on any atom is 0.414 e. The van der Waals surface area contributed by atoms with Crippen LogP contribution >= 0.6 is 0 Å². The van der Waals surface area contributed by atoms with Crippen molar-refractivity contribution < 1.29 is 18.3 Å². The van der Waals surface area contributed by atoms with Crippen LogP contribution in [-0.4, -0.2) is 59.9 Å². The molecule has 3 aromatic rings. The number of cyclic esters (lactones) is 1. The van der Waals surface area contributed by atoms with Crippen LogP contribution in [0.1, 0.15) is 0 Å². The van der Waals surface area contributed by atoms with Gasteiger partial charge in [-0.15, -0.1) is 5.10 Å². The highest BCUT2D eigenvalue weighted by Gasteiger charge is 2.33. The SMILES string of the molecule is O=C1O[C@@H](Cn2ccnn2)CN1c1ccc(-c2ccc(N3CCNCC3)c(F)c2)c(F)c1. The first-order chi connectivity index (χ1) is 15.6. The molecule has 2 aromatic carbocycles. The summed E-state index contributed by atoms with van der Waals surface area (Å²) in [6.45, 7) is 3.69. The number of hydrogen-bond acceptors (Lipinski definition) is 6. The number of piperazine rings is 1. The molecule has 0 spiro atoms. The van der Waals surface area contributed by atoms with Crippen molar-refractivity contribution in [1.29, 1.82) is 0 Å². The molecule has 3 heterocycles. The zero-order valence-corrected chi connectivity index (χ0v) is 17.2. The Balaban J connectivity index is 1.33. The molecule has 0 aliphatic carbocycles. The van der Waals surface area contributed by atoms with Crippen LogP contribution in [-0.2, 0) is 11.3 Å². The number of benzene rings is 2. The molecular formula is C22H22F2N6O2. The second kappa shape index (κ2) is 8.54. The molecule has 2 saturated heterocycles. The lowest BCUT2D eigenvalue weighted by Gasteiger charge is -2.29. The molecule has 32 heavy (non-hydrogen) atoms. The van der Waals surface area contributed by atoms with Crippen molar-refractivity contribution in [2.75, 3.05) is 42.5 Å². The van der Waals surface area contributed by atoms with Crippen LogP contribution in [0.25, 0.3) is 11.1 Å². The molecule has 1 aromatic heterocycles. The first kappa shape index (κ1) is 20.4. The summed E-state index contributed by atoms with van der Waals surface area (Å²) in [7, 11) is 0. The number of carbonyl (C=O) groups excluding carboxylic acids is 1. The fourth-order valence-corrected chi connectivity index (χ4v) is 4.11. The van der Waals surface area contributed by atoms with Crippen molar-refractivity contribution in [1.82, 2.24) is 20.3 Å². The largest absolute Gasteiger partial charge is 0.442 e. The molecule has 166 valence electrons. The van der Waals surface area contributed by atoms with Crippen molar-refractivity contribution in [3.63, 3.8) is 0 Å². The highest BCUT2D eigenvalue weighted by atomic mass is 19.1. The van der Waals surface area contributed by atoms with Gasteiger partial charge in [0.05, 0.1) is 30.7 Å². The van der Waals surface area contributed by atoms with Gasteiger partial charge in [-0.25, -0.2) is 18.3 Å². The number of anilines is 2. The molecule has 0 bridgehead atoms. The molecular weight excluding hydrogens is 418 g/mol. The third kappa shape index (κ3) is 4.01. The van der Waals surface area contributed by atoms with E-state index in [4.69, 9.17) is 4.74 Å². The zero-order valence-electron chi connectivity index (χ0n) is 17.2. The van der Waals surface area contributed by atoms with Crippen LogP contribution in [0.15, 0.2) is 48.8 Å². The van der Waals surface area contributed by atoms with E-state index in [-0.39, 0.29) is 17.9 Å². The molecule has 0 unspecified atom stereocenters. The highest BCUT2D eigenvalue weighted by Crippen LogP contribution is 2.32. The highest BCUT2D eigenvalue weighted by molar-refractivity contribution is 5.90. The van der Waals surface area contributed by atoms with Crippen LogP contribution in [0, 0.1) is 11.6 Å². The van der Waals surface area contributed by atoms with E-state index < -0.39 is 18.0 Å². The summed E-state index contributed by atoms with van der Waals surface area (Å²) in [5.41, 5.74) is 1.62. The van der Waals surface area contributed by atoms with E-state index in [9.17, 15) is 13.6 Å². The molecule has 1 amide bonds. The van der Waals surface area contributed by atoms with Crippen molar-refractivity contribution in [3.8, 4) is 11.1 Å². The van der Waals surface area contributed by atoms with Gasteiger partial charge in [-0.2, -0.15) is 0 Å². The second-order valence-corrected chi connectivity index (χ2v) is 7.81. The van der Waals surface area contributed by atoms with Crippen LogP contribution in [0.4, 0.5) is 25.0 Å². The third-order valence-corrected chi connectivity index (χ3v) is 5.72. The Morgan fingerprint density at radius 1 is 1.09 bits per heavy atom. The van der Waals surface area contributed by atoms with Crippen molar-refractivity contribution in [2.45, 2.75) is 12.6 Å². The van der Waals surface area contributed by atoms with Gasteiger partial charge in [0.15, 0.2) is 0 Å². The molecule has 2 aliphatic heterocycles. The number of nitrogens with zero attached hydrogens (tertiary/aromatic N) is 5. The summed E-state index contributed by atoms with van der Waals surface area (Å²) < 4.78 is 36.7. The van der Waals surface area contributed by atoms with Crippen LogP contribution in [0.5, 0.6) is 0 Å². The van der Waals surface area contributed by atoms with Gasteiger partial charge in [-0.05, 0) is 35.9 Å². The Morgan fingerprint density at radius 2 is 1.94 bits per heavy atom. The molecule has 5 rings (SSSR count). The molecule has 1 atom stereocenters. The third-order valence-electron chi connectivity index (χ3n) is 5.72. The molecule has 8 nitrogen and oxygen atoms in total. The number of rotatable bonds is 5. The van der Waals surface area contributed by atoms with Crippen molar-refractivity contribution in [3.05, 3.63) is 60.4 Å². The first-order valence-electron chi connectivity index (χ1n) is 10.5. The smallest absolute Gasteiger partial charge is 0.414 e. The van der Waals surface area contributed by atoms with Gasteiger partial charge in [0.1, 0.15) is 17.7 Å². The van der Waals surface area contributed by atoms with Gasteiger partial charge in [-0.1, -0.05) is 11.3 Å². The Labute approximate surface area is 183 Å². The molecule has 2 aliphatic rings. The van der Waals surface area contributed by atoms with E-state index in [0.717, 1.165) is 26.2 Å². The maximum absolute atomic E-state index is 15.0. The van der Waals surface area contributed by atoms with Crippen LogP contribution in [0.3, 0.4) is 0 Å². The predicted molar refractivity (Wildman–Crippen MR) is 115 cm³/mol. The first-order valence-corrected chi connectivity index (χ1v) is 10.5. The lowest BCUT2D eigenvalue weighted by molar-refractivity contribution is 0.129. The van der Waals surface area contributed by atoms with E-state index in [0.29, 0.717) is 23.5 Å². The van der Waals surface area contributed by atoms with E-state index in [2.05, 4.69) is 15.6 Å². The minimum atomic E-state index is -0.548. The van der Waals surface area contributed by atoms with Crippen molar-refractivity contribution >= 4 is 17.5 Å². The minimum Gasteiger partial charge on any atom is -0.442 e. The monoisotopic (exact) mass is 440 g/mol. The van der Waals surface area contributed by atoms with Gasteiger partial charge in [0, 0.05) is 37.9 Å². The molecule has 2 fully saturated rings. The Hall–Kier alpha value is -3.53. The molecule has 1 N–H and O–H groups in total. The van der Waals surface area contributed by atoms with Gasteiger partial charge in [-0.3, -0.25) is 4.90 Å². The number of ether oxygens (including phenoxy) is 1. The Kier molecular flexibility index (Phi) is 5.44. The lowest BCUT2D eigenvalue weighted by Crippen LogP contribution is -2.43. The fraction of sp³-hybridized carbons (Fsp3) is 0.318. The summed E-state index contributed by atoms with van der Waals surface area (Å²) in [4.78, 5) is 15.6. The Morgan fingerprint density at radius 3 is 2.66 bits per heavy atom. The second-order valence-electron chi connectivity index (χ2n) is 7.81. The maximum atomic E-state index is 15.0. The summed E-state index contributed by atoms with van der Waals surface area (Å²) >= 11 is 0. The molecule has 0 saturated carbocycles. The fourth-order valence-electron chi connectivity index (χ4n) is 4.11. The topological polar surface area (TPSA) is 75.5 Å². The normalized spacial score (nSPS) is 18.8. The van der Waals surface area contributed by atoms with Crippen molar-refractivity contribution in [2.24, 2.45) is 0 Å². The summed E-state index contributed by atoms with van der Waals surface area (Å²) in [6.07, 6.45) is 2.26. The van der Waals surface area contributed by atoms with Gasteiger partial charge in [0.25, 0.3) is 0 Å². The summed E-state index contributed by atoms with van der Waals surface area (Å²) in [5, 5.41) is 10.8. The van der Waals surface area contributed by atoms with E-state index in [1.54, 1.807) is 41.3 Å². The summed E-state index contributed by atoms with van der Waals surface area (Å²) in [5.74, 6) is -0.920. The van der Waals surface area contributed by atoms with E-state index in [1.165, 1.54) is 17.0 Å². The quantitative estimate of drug-likeness (QED) is 0.658. The van der Waals surface area contributed by atoms with Gasteiger partial charge >= 0.3 is 6.09 Å². The summed E-state index contributed by atoms with van der Waals surface area (Å²) in [6, 6.07) is 9.23. The van der Waals surface area contributed by atoms with E-state index >= 15 is 0 Å². The van der Waals surface area contributed by atoms with Gasteiger partial charge < -0.3 is 15.0 Å². The average molecular weight is 440 g/mol. The predicted octanol–water partition coefficient (Wildman–Crippen LogP) is 2.66. The zero-order chi connectivity index (χ0) is 22.1. The minimum absolute atomic E-state index is 0.269. The number of nitrogens with one attached hydrogen (secondary N) is 1. The lowest BCUT2D eigenvalue weighted by atomic mass is 10.0.